The second-order valence-corrected chi connectivity index (χ2v) is 25.5. The number of fused-ring (bicyclic) bond motifs is 6. The summed E-state index contributed by atoms with van der Waals surface area (Å²) in [7, 11) is -21.3. The summed E-state index contributed by atoms with van der Waals surface area (Å²) in [5.41, 5.74) is 0.398. The third-order valence-corrected chi connectivity index (χ3v) is 17.6. The Balaban J connectivity index is 1.61. The van der Waals surface area contributed by atoms with Gasteiger partial charge >= 0.3 is 5.97 Å². The maximum absolute atomic E-state index is 13.6. The van der Waals surface area contributed by atoms with Gasteiger partial charge in [0, 0.05) is 79.0 Å². The minimum Gasteiger partial charge on any atom is -0.481 e. The number of carboxylic acids is 1. The molecule has 0 radical (unpaired) electrons. The molecule has 2 aliphatic heterocycles. The van der Waals surface area contributed by atoms with Crippen molar-refractivity contribution >= 4 is 95.1 Å². The largest absolute Gasteiger partial charge is 0.481 e. The van der Waals surface area contributed by atoms with Crippen LogP contribution in [0.5, 0.6) is 0 Å². The summed E-state index contributed by atoms with van der Waals surface area (Å²) in [6.45, 7) is 5.76. The summed E-state index contributed by atoms with van der Waals surface area (Å²) in [4.78, 5) is 10.5. The van der Waals surface area contributed by atoms with E-state index >= 15 is 0 Å². The van der Waals surface area contributed by atoms with Crippen molar-refractivity contribution in [2.24, 2.45) is 0 Å². The number of ether oxygens (including phenoxy) is 2. The number of allylic oxidation sites excluding steroid dienone is 4. The molecule has 0 amide bonds. The zero-order chi connectivity index (χ0) is 52.7. The molecule has 0 aliphatic carbocycles. The van der Waals surface area contributed by atoms with Crippen LogP contribution in [0.2, 0.25) is 0 Å². The number of carboxylic acid groups (broad SMARTS) is 1. The van der Waals surface area contributed by atoms with Gasteiger partial charge in [0.05, 0.1) is 27.6 Å². The van der Waals surface area contributed by atoms with E-state index in [4.69, 9.17) is 9.47 Å². The van der Waals surface area contributed by atoms with E-state index in [2.05, 4.69) is 4.72 Å². The number of benzene rings is 4. The molecule has 1 atom stereocenters. The van der Waals surface area contributed by atoms with Crippen molar-refractivity contribution in [3.8, 4) is 0 Å². The molecule has 26 heteroatoms. The molecule has 6 rings (SSSR count). The Bertz CT molecular complexity index is 3480. The first-order chi connectivity index (χ1) is 32.9. The first-order valence-corrected chi connectivity index (χ1v) is 29.4. The maximum Gasteiger partial charge on any atom is 0.303 e. The average Bonchev–Trinajstić information content (AvgIpc) is 3.62. The summed E-state index contributed by atoms with van der Waals surface area (Å²) < 4.78 is 183. The van der Waals surface area contributed by atoms with E-state index in [0.29, 0.717) is 65.8 Å². The minimum absolute atomic E-state index is 0.00310. The van der Waals surface area contributed by atoms with E-state index in [1.807, 2.05) is 18.7 Å². The number of methoxy groups -OCH3 is 2. The van der Waals surface area contributed by atoms with Gasteiger partial charge in [-0.2, -0.15) is 38.2 Å². The first kappa shape index (κ1) is 55.6. The van der Waals surface area contributed by atoms with Crippen molar-refractivity contribution in [1.82, 2.24) is 4.72 Å². The van der Waals surface area contributed by atoms with Crippen LogP contribution < -0.4 is 9.62 Å². The molecule has 2 heterocycles. The number of anilines is 1. The highest BCUT2D eigenvalue weighted by Crippen LogP contribution is 2.53. The number of aliphatic carboxylic acids is 1. The molecule has 0 aromatic heterocycles. The fourth-order valence-corrected chi connectivity index (χ4v) is 13.4. The Labute approximate surface area is 412 Å². The van der Waals surface area contributed by atoms with Gasteiger partial charge in [-0.1, -0.05) is 32.4 Å². The lowest BCUT2D eigenvalue weighted by Crippen LogP contribution is -2.33. The monoisotopic (exact) mass is 1090 g/mol. The number of hydrogen-bond acceptors (Lipinski definition) is 14. The van der Waals surface area contributed by atoms with Crippen LogP contribution in [0.3, 0.4) is 0 Å². The number of hydrogen-bond donors (Lipinski definition) is 6. The van der Waals surface area contributed by atoms with Gasteiger partial charge in [-0.15, -0.1) is 0 Å². The molecular weight excluding hydrogens is 1030 g/mol. The van der Waals surface area contributed by atoms with Gasteiger partial charge in [-0.05, 0) is 91.4 Å². The predicted molar refractivity (Wildman–Crippen MR) is 263 cm³/mol. The lowest BCUT2D eigenvalue weighted by molar-refractivity contribution is -0.441. The second-order valence-electron chi connectivity index (χ2n) is 17.9. The van der Waals surface area contributed by atoms with Gasteiger partial charge in [0.2, 0.25) is 15.7 Å². The van der Waals surface area contributed by atoms with Gasteiger partial charge in [-0.25, -0.2) is 13.1 Å². The van der Waals surface area contributed by atoms with Crippen molar-refractivity contribution < 1.29 is 84.3 Å². The molecule has 0 bridgehead atoms. The number of nitrogens with zero attached hydrogens (tertiary/aromatic N) is 2. The Morgan fingerprint density at radius 2 is 1.31 bits per heavy atom. The smallest absolute Gasteiger partial charge is 0.303 e. The number of rotatable bonds is 23. The van der Waals surface area contributed by atoms with Crippen molar-refractivity contribution in [3.63, 3.8) is 0 Å². The SMILES string of the molecule is COCCNS(=O)(=O)c1cc(S(=O)(=O)O)c2ccc3c(c2c1)C(C)(C)/C(=C\C=C\C1=[N+](CCOC)c2ccc4c(S(=O)(=O)O)cc(S(=O)(=O)O)cc4c2C1(C)CCCS(=O)(=O)O)N3CCCCCC(=O)O. The van der Waals surface area contributed by atoms with Crippen LogP contribution in [0.1, 0.15) is 70.4 Å². The number of nitrogens with one attached hydrogen (secondary N) is 1. The van der Waals surface area contributed by atoms with E-state index in [-0.39, 0.29) is 67.1 Å². The molecule has 1 unspecified atom stereocenters. The van der Waals surface area contributed by atoms with Crippen molar-refractivity contribution in [3.05, 3.63) is 83.6 Å². The Morgan fingerprint density at radius 1 is 0.718 bits per heavy atom. The Morgan fingerprint density at radius 3 is 1.89 bits per heavy atom. The summed E-state index contributed by atoms with van der Waals surface area (Å²) >= 11 is 0. The molecule has 388 valence electrons. The molecule has 0 saturated carbocycles. The number of sulfonamides is 1. The lowest BCUT2D eigenvalue weighted by Gasteiger charge is -2.27. The summed E-state index contributed by atoms with van der Waals surface area (Å²) in [5.74, 6) is -1.66. The van der Waals surface area contributed by atoms with E-state index in [1.54, 1.807) is 41.9 Å². The van der Waals surface area contributed by atoms with E-state index in [1.165, 1.54) is 32.4 Å². The third-order valence-electron chi connectivity index (χ3n) is 12.8. The summed E-state index contributed by atoms with van der Waals surface area (Å²) in [6.07, 6.45) is 6.19. The second kappa shape index (κ2) is 20.7. The first-order valence-electron chi connectivity index (χ1n) is 22.0. The molecule has 4 aromatic rings. The zero-order valence-corrected chi connectivity index (χ0v) is 43.4. The van der Waals surface area contributed by atoms with Crippen LogP contribution in [0.15, 0.2) is 92.0 Å². The topological polar surface area (TPSA) is 326 Å². The fourth-order valence-electron chi connectivity index (χ4n) is 9.71. The molecule has 4 aromatic carbocycles. The van der Waals surface area contributed by atoms with Crippen molar-refractivity contribution in [1.29, 1.82) is 0 Å². The standard InChI is InChI=1S/C45H55N3O18S5/c1-44(2)39(47(20-8-6-7-13-41(49)50)35-16-14-31-33(42(35)44)25-29(27-37(31)70(59,60)61)68(54,55)46-19-22-65-4)11-9-12-40-45(3,18-10-24-67(51,52)53)43-34-26-30(69(56,57)58)28-38(71(62,63)64)32(34)15-17-36(43)48(40)21-23-66-5/h9,11-12,14-17,25-28,46H,6-8,10,13,18-24H2,1-5H3,(H4-,49,50,51,52,53,56,57,58,59,60,61,62,63,64)/p+1. The highest BCUT2D eigenvalue weighted by molar-refractivity contribution is 7.89. The van der Waals surface area contributed by atoms with Gasteiger partial charge in [0.1, 0.15) is 16.4 Å². The molecule has 0 fully saturated rings. The third kappa shape index (κ3) is 11.7. The predicted octanol–water partition coefficient (Wildman–Crippen LogP) is 5.21. The highest BCUT2D eigenvalue weighted by Gasteiger charge is 2.49. The Hall–Kier alpha value is -4.71. The molecule has 0 spiro atoms. The lowest BCUT2D eigenvalue weighted by atomic mass is 9.74. The van der Waals surface area contributed by atoms with E-state index < -0.39 is 92.6 Å². The quantitative estimate of drug-likeness (QED) is 0.0315. The van der Waals surface area contributed by atoms with Crippen LogP contribution >= 0.6 is 0 Å². The van der Waals surface area contributed by atoms with Gasteiger partial charge in [0.15, 0.2) is 12.3 Å². The zero-order valence-electron chi connectivity index (χ0n) is 39.3. The highest BCUT2D eigenvalue weighted by atomic mass is 32.2. The molecular formula is C45H56N3O18S5+. The molecule has 0 saturated heterocycles. The van der Waals surface area contributed by atoms with Crippen LogP contribution in [0.4, 0.5) is 11.4 Å². The molecule has 6 N–H and O–H groups in total. The van der Waals surface area contributed by atoms with Crippen LogP contribution in [-0.4, -0.2) is 134 Å². The van der Waals surface area contributed by atoms with Gasteiger partial charge in [-0.3, -0.25) is 23.0 Å². The van der Waals surface area contributed by atoms with Gasteiger partial charge < -0.3 is 19.5 Å². The fraction of sp³-hybridized carbons (Fsp3) is 0.422. The van der Waals surface area contributed by atoms with Gasteiger partial charge in [0.25, 0.3) is 40.5 Å². The van der Waals surface area contributed by atoms with Crippen molar-refractivity contribution in [2.75, 3.05) is 57.7 Å². The van der Waals surface area contributed by atoms with Crippen LogP contribution in [-0.2, 0) is 75.6 Å². The van der Waals surface area contributed by atoms with Crippen molar-refractivity contribution in [2.45, 2.75) is 89.7 Å². The maximum atomic E-state index is 13.6. The average molecular weight is 1090 g/mol. The summed E-state index contributed by atoms with van der Waals surface area (Å²) in [5, 5.41) is 9.39. The minimum atomic E-state index is -5.12. The molecule has 71 heavy (non-hydrogen) atoms. The Kier molecular flexibility index (Phi) is 16.2. The number of carbonyl (C=O) groups is 1. The van der Waals surface area contributed by atoms with Crippen LogP contribution in [0.25, 0.3) is 21.5 Å². The normalized spacial score (nSPS) is 18.1. The number of unbranched alkanes of at least 4 members (excludes halogenated alkanes) is 2. The molecule has 21 nitrogen and oxygen atoms in total. The molecule has 2 aliphatic rings. The van der Waals surface area contributed by atoms with E-state index in [9.17, 15) is 70.2 Å². The van der Waals surface area contributed by atoms with Crippen LogP contribution in [0, 0.1) is 0 Å². The summed E-state index contributed by atoms with van der Waals surface area (Å²) in [6, 6.07) is 9.88. The van der Waals surface area contributed by atoms with E-state index in [0.717, 1.165) is 12.1 Å².